The first-order chi connectivity index (χ1) is 34.0. The molecule has 0 saturated carbocycles. The molecule has 0 aromatic rings. The molecule has 11 atom stereocenters. The second-order valence-electron chi connectivity index (χ2n) is 19.4. The number of carbonyl (C=O) groups is 2. The number of hydrogen-bond acceptors (Lipinski definition) is 15. The van der Waals surface area contributed by atoms with Gasteiger partial charge in [0.05, 0.1) is 19.8 Å². The van der Waals surface area contributed by atoms with Crippen molar-refractivity contribution in [2.24, 2.45) is 0 Å². The van der Waals surface area contributed by atoms with Gasteiger partial charge in [0.2, 0.25) is 0 Å². The molecule has 2 aliphatic heterocycles. The third kappa shape index (κ3) is 29.4. The summed E-state index contributed by atoms with van der Waals surface area (Å²) >= 11 is 0. The summed E-state index contributed by atoms with van der Waals surface area (Å²) in [6.07, 6.45) is 28.9. The fourth-order valence-corrected chi connectivity index (χ4v) is 8.55. The zero-order valence-electron chi connectivity index (χ0n) is 43.3. The molecule has 0 aliphatic carbocycles. The molecule has 2 heterocycles. The molecule has 0 aromatic carbocycles. The second kappa shape index (κ2) is 42.1. The van der Waals surface area contributed by atoms with Gasteiger partial charge >= 0.3 is 11.9 Å². The summed E-state index contributed by atoms with van der Waals surface area (Å²) in [5, 5.41) is 72.2. The van der Waals surface area contributed by atoms with Gasteiger partial charge in [-0.3, -0.25) is 9.59 Å². The predicted octanol–water partition coefficient (Wildman–Crippen LogP) is 8.49. The summed E-state index contributed by atoms with van der Waals surface area (Å²) in [7, 11) is 0. The largest absolute Gasteiger partial charge is 0.462 e. The molecule has 7 N–H and O–H groups in total. The quantitative estimate of drug-likeness (QED) is 0.0173. The Labute approximate surface area is 421 Å². The van der Waals surface area contributed by atoms with Crippen molar-refractivity contribution in [1.29, 1.82) is 0 Å². The summed E-state index contributed by atoms with van der Waals surface area (Å²) in [5.74, 6) is -0.975. The van der Waals surface area contributed by atoms with E-state index in [2.05, 4.69) is 44.2 Å². The van der Waals surface area contributed by atoms with Crippen LogP contribution in [-0.2, 0) is 38.0 Å². The van der Waals surface area contributed by atoms with E-state index in [0.29, 0.717) is 19.3 Å². The van der Waals surface area contributed by atoms with Crippen LogP contribution in [0.4, 0.5) is 0 Å². The lowest BCUT2D eigenvalue weighted by molar-refractivity contribution is -0.332. The van der Waals surface area contributed by atoms with Crippen LogP contribution in [0.3, 0.4) is 0 Å². The van der Waals surface area contributed by atoms with Gasteiger partial charge in [-0.2, -0.15) is 0 Å². The molecular weight excluding hydrogens is 901 g/mol. The first kappa shape index (κ1) is 63.8. The summed E-state index contributed by atoms with van der Waals surface area (Å²) in [6.45, 7) is 2.55. The van der Waals surface area contributed by atoms with Crippen LogP contribution < -0.4 is 0 Å². The van der Waals surface area contributed by atoms with Gasteiger partial charge < -0.3 is 64.2 Å². The lowest BCUT2D eigenvalue weighted by Crippen LogP contribution is -2.61. The topological polar surface area (TPSA) is 231 Å². The molecule has 15 nitrogen and oxygen atoms in total. The molecular formula is C55H98O15. The third-order valence-corrected chi connectivity index (χ3v) is 13.1. The molecule has 70 heavy (non-hydrogen) atoms. The molecule has 2 fully saturated rings. The maximum atomic E-state index is 13.0. The minimum Gasteiger partial charge on any atom is -0.462 e. The van der Waals surface area contributed by atoms with Gasteiger partial charge in [0.1, 0.15) is 55.4 Å². The van der Waals surface area contributed by atoms with E-state index in [0.717, 1.165) is 32.1 Å². The van der Waals surface area contributed by atoms with E-state index >= 15 is 0 Å². The highest BCUT2D eigenvalue weighted by Gasteiger charge is 2.47. The van der Waals surface area contributed by atoms with Crippen molar-refractivity contribution in [2.75, 3.05) is 26.4 Å². The van der Waals surface area contributed by atoms with E-state index < -0.39 is 99.3 Å². The van der Waals surface area contributed by atoms with Gasteiger partial charge in [-0.15, -0.1) is 0 Å². The normalized spacial score (nSPS) is 25.6. The summed E-state index contributed by atoms with van der Waals surface area (Å²) in [4.78, 5) is 25.8. The number of esters is 2. The SMILES string of the molecule is CCCCCC/C=C/CCCCCCCCCCCC(=O)OC[C@@H](CO[C@@H]1O[C@H](CO[C@@H]2O[C@H](CO)[C@H](O)C(O)C2O)[C@H](O)C(O)C1O)OC(=O)CCC/C=C/C/C=C/CCCCCCCCCCC. The Morgan fingerprint density at radius 3 is 1.40 bits per heavy atom. The number of aliphatic hydroxyl groups excluding tert-OH is 7. The van der Waals surface area contributed by atoms with E-state index in [4.69, 9.17) is 28.4 Å². The van der Waals surface area contributed by atoms with E-state index in [1.807, 2.05) is 6.08 Å². The Hall–Kier alpha value is -2.28. The lowest BCUT2D eigenvalue weighted by Gasteiger charge is -2.42. The number of aliphatic hydroxyl groups is 7. The molecule has 0 aromatic heterocycles. The Morgan fingerprint density at radius 1 is 0.457 bits per heavy atom. The van der Waals surface area contributed by atoms with Gasteiger partial charge in [-0.05, 0) is 64.2 Å². The molecule has 4 unspecified atom stereocenters. The summed E-state index contributed by atoms with van der Waals surface area (Å²) in [6, 6.07) is 0. The Kier molecular flexibility index (Phi) is 38.4. The number of unbranched alkanes of at least 4 members (excludes halogenated alkanes) is 23. The van der Waals surface area contributed by atoms with Crippen molar-refractivity contribution in [3.63, 3.8) is 0 Å². The molecule has 0 radical (unpaired) electrons. The Balaban J connectivity index is 1.80. The fraction of sp³-hybridized carbons (Fsp3) is 0.855. The first-order valence-electron chi connectivity index (χ1n) is 27.6. The van der Waals surface area contributed by atoms with Crippen LogP contribution in [0.15, 0.2) is 36.5 Å². The molecule has 0 spiro atoms. The number of ether oxygens (including phenoxy) is 6. The van der Waals surface area contributed by atoms with Gasteiger partial charge in [-0.1, -0.05) is 166 Å². The van der Waals surface area contributed by atoms with Crippen LogP contribution in [0.1, 0.15) is 206 Å². The maximum Gasteiger partial charge on any atom is 0.306 e. The highest BCUT2D eigenvalue weighted by atomic mass is 16.7. The van der Waals surface area contributed by atoms with E-state index in [1.54, 1.807) is 0 Å². The number of allylic oxidation sites excluding steroid dienone is 6. The van der Waals surface area contributed by atoms with Gasteiger partial charge in [0.25, 0.3) is 0 Å². The monoisotopic (exact) mass is 999 g/mol. The highest BCUT2D eigenvalue weighted by Crippen LogP contribution is 2.26. The van der Waals surface area contributed by atoms with Crippen molar-refractivity contribution in [3.05, 3.63) is 36.5 Å². The van der Waals surface area contributed by atoms with Crippen molar-refractivity contribution >= 4 is 11.9 Å². The third-order valence-electron chi connectivity index (χ3n) is 13.1. The van der Waals surface area contributed by atoms with Crippen molar-refractivity contribution in [1.82, 2.24) is 0 Å². The second-order valence-corrected chi connectivity index (χ2v) is 19.4. The minimum atomic E-state index is -1.77. The molecule has 2 saturated heterocycles. The Morgan fingerprint density at radius 2 is 0.871 bits per heavy atom. The van der Waals surface area contributed by atoms with Crippen LogP contribution in [-0.4, -0.2) is 142 Å². The van der Waals surface area contributed by atoms with E-state index in [-0.39, 0.29) is 19.4 Å². The van der Waals surface area contributed by atoms with E-state index in [1.165, 1.54) is 128 Å². The Bertz CT molecular complexity index is 1360. The molecule has 0 amide bonds. The van der Waals surface area contributed by atoms with Crippen molar-refractivity contribution < 1.29 is 73.8 Å². The molecule has 2 rings (SSSR count). The number of hydrogen-bond donors (Lipinski definition) is 7. The van der Waals surface area contributed by atoms with Crippen LogP contribution in [0.2, 0.25) is 0 Å². The highest BCUT2D eigenvalue weighted by molar-refractivity contribution is 5.70. The maximum absolute atomic E-state index is 13.0. The first-order valence-corrected chi connectivity index (χ1v) is 27.6. The van der Waals surface area contributed by atoms with Crippen LogP contribution in [0, 0.1) is 0 Å². The summed E-state index contributed by atoms with van der Waals surface area (Å²) in [5.41, 5.74) is 0. The lowest BCUT2D eigenvalue weighted by atomic mass is 9.98. The molecule has 15 heteroatoms. The molecule has 2 aliphatic rings. The smallest absolute Gasteiger partial charge is 0.306 e. The number of carbonyl (C=O) groups excluding carboxylic acids is 2. The van der Waals surface area contributed by atoms with Crippen LogP contribution >= 0.6 is 0 Å². The zero-order valence-corrected chi connectivity index (χ0v) is 43.3. The fourth-order valence-electron chi connectivity index (χ4n) is 8.55. The molecule has 0 bridgehead atoms. The van der Waals surface area contributed by atoms with Gasteiger partial charge in [-0.25, -0.2) is 0 Å². The molecule has 408 valence electrons. The minimum absolute atomic E-state index is 0.102. The average molecular weight is 999 g/mol. The number of rotatable bonds is 43. The van der Waals surface area contributed by atoms with Crippen molar-refractivity contribution in [2.45, 2.75) is 274 Å². The van der Waals surface area contributed by atoms with Crippen LogP contribution in [0.5, 0.6) is 0 Å². The van der Waals surface area contributed by atoms with Gasteiger partial charge in [0.15, 0.2) is 18.7 Å². The van der Waals surface area contributed by atoms with E-state index in [9.17, 15) is 45.3 Å². The predicted molar refractivity (Wildman–Crippen MR) is 270 cm³/mol. The van der Waals surface area contributed by atoms with Crippen LogP contribution in [0.25, 0.3) is 0 Å². The van der Waals surface area contributed by atoms with Gasteiger partial charge in [0, 0.05) is 12.8 Å². The van der Waals surface area contributed by atoms with Crippen molar-refractivity contribution in [3.8, 4) is 0 Å². The average Bonchev–Trinajstić information content (AvgIpc) is 3.35. The zero-order chi connectivity index (χ0) is 51.0. The standard InChI is InChI=1S/C55H98O15/c1-3-5-7-9-11-13-15-17-19-21-23-25-27-29-31-33-35-37-46(57)65-40-43(68-47(58)38-36-34-32-30-28-26-24-22-20-18-16-14-12-10-8-6-4-2)41-66-54-53(64)51(62)49(60)45(70-54)42-67-55-52(63)50(61)48(59)44(39-56)69-55/h13,15,24,26,30,32,43-45,48-56,59-64H,3-12,14,16-23,25,27-29,31,33-42H2,1-2H3/b15-13+,26-24+,32-30+/t43-,44+,45+,48-,49-,50?,51?,52?,53?,54+,55+/m0/s1. The summed E-state index contributed by atoms with van der Waals surface area (Å²) < 4.78 is 33.6.